The van der Waals surface area contributed by atoms with E-state index < -0.39 is 0 Å². The second-order valence-corrected chi connectivity index (χ2v) is 6.01. The zero-order valence-corrected chi connectivity index (χ0v) is 11.0. The van der Waals surface area contributed by atoms with E-state index in [4.69, 9.17) is 0 Å². The summed E-state index contributed by atoms with van der Waals surface area (Å²) >= 11 is 0. The Labute approximate surface area is 101 Å². The van der Waals surface area contributed by atoms with Crippen LogP contribution in [0.2, 0.25) is 0 Å². The van der Waals surface area contributed by atoms with Crippen molar-refractivity contribution in [1.29, 1.82) is 0 Å². The van der Waals surface area contributed by atoms with Crippen molar-refractivity contribution < 1.29 is 0 Å². The van der Waals surface area contributed by atoms with Crippen LogP contribution < -0.4 is 5.32 Å². The van der Waals surface area contributed by atoms with Crippen LogP contribution in [-0.4, -0.2) is 37.6 Å². The van der Waals surface area contributed by atoms with Crippen molar-refractivity contribution >= 4 is 0 Å². The van der Waals surface area contributed by atoms with Gasteiger partial charge >= 0.3 is 0 Å². The fourth-order valence-corrected chi connectivity index (χ4v) is 3.35. The van der Waals surface area contributed by atoms with E-state index in [0.29, 0.717) is 6.04 Å². The van der Waals surface area contributed by atoms with Gasteiger partial charge in [0.05, 0.1) is 0 Å². The lowest BCUT2D eigenvalue weighted by Crippen LogP contribution is -2.44. The Morgan fingerprint density at radius 1 is 1.19 bits per heavy atom. The first-order chi connectivity index (χ1) is 7.75. The van der Waals surface area contributed by atoms with Crippen LogP contribution in [0.15, 0.2) is 0 Å². The second-order valence-electron chi connectivity index (χ2n) is 6.01. The number of nitrogens with zero attached hydrogens (tertiary/aromatic N) is 1. The number of nitrogens with one attached hydrogen (secondary N) is 1. The Hall–Kier alpha value is -0.0800. The number of hydrogen-bond acceptors (Lipinski definition) is 2. The summed E-state index contributed by atoms with van der Waals surface area (Å²) < 4.78 is 0. The molecule has 2 nitrogen and oxygen atoms in total. The molecule has 2 aliphatic rings. The first kappa shape index (κ1) is 12.4. The van der Waals surface area contributed by atoms with E-state index in [0.717, 1.165) is 11.8 Å². The van der Waals surface area contributed by atoms with E-state index in [1.165, 1.54) is 58.2 Å². The third-order valence-corrected chi connectivity index (χ3v) is 4.57. The minimum Gasteiger partial charge on any atom is -0.314 e. The van der Waals surface area contributed by atoms with Gasteiger partial charge in [-0.15, -0.1) is 0 Å². The molecule has 0 aromatic carbocycles. The molecule has 1 saturated heterocycles. The van der Waals surface area contributed by atoms with Gasteiger partial charge in [0.2, 0.25) is 0 Å². The summed E-state index contributed by atoms with van der Waals surface area (Å²) in [5, 5.41) is 3.79. The average Bonchev–Trinajstić information content (AvgIpc) is 2.78. The van der Waals surface area contributed by atoms with Gasteiger partial charge in [-0.05, 0) is 64.6 Å². The summed E-state index contributed by atoms with van der Waals surface area (Å²) in [5.74, 6) is 1.85. The fourth-order valence-electron chi connectivity index (χ4n) is 3.35. The standard InChI is InChI=1S/C14H28N2/c1-12(14-8-5-9-16(2)11-14)15-10-13-6-3-4-7-13/h12-15H,3-11H2,1-2H3. The van der Waals surface area contributed by atoms with Crippen LogP contribution in [0.3, 0.4) is 0 Å². The van der Waals surface area contributed by atoms with Gasteiger partial charge in [-0.1, -0.05) is 12.8 Å². The van der Waals surface area contributed by atoms with Crippen LogP contribution in [0.5, 0.6) is 0 Å². The van der Waals surface area contributed by atoms with Crippen molar-refractivity contribution in [1.82, 2.24) is 10.2 Å². The van der Waals surface area contributed by atoms with Gasteiger partial charge in [0.25, 0.3) is 0 Å². The third kappa shape index (κ3) is 3.46. The maximum atomic E-state index is 3.79. The molecule has 0 aromatic heterocycles. The molecule has 2 unspecified atom stereocenters. The summed E-state index contributed by atoms with van der Waals surface area (Å²) in [7, 11) is 2.26. The first-order valence-corrected chi connectivity index (χ1v) is 7.17. The van der Waals surface area contributed by atoms with Gasteiger partial charge in [0, 0.05) is 12.6 Å². The molecule has 0 amide bonds. The first-order valence-electron chi connectivity index (χ1n) is 7.17. The summed E-state index contributed by atoms with van der Waals surface area (Å²) in [6.07, 6.45) is 8.66. The van der Waals surface area contributed by atoms with Crippen molar-refractivity contribution in [2.45, 2.75) is 51.5 Å². The fraction of sp³-hybridized carbons (Fsp3) is 1.00. The highest BCUT2D eigenvalue weighted by Gasteiger charge is 2.23. The molecule has 0 aromatic rings. The van der Waals surface area contributed by atoms with Crippen molar-refractivity contribution in [3.63, 3.8) is 0 Å². The lowest BCUT2D eigenvalue weighted by Gasteiger charge is -2.34. The third-order valence-electron chi connectivity index (χ3n) is 4.57. The van der Waals surface area contributed by atoms with E-state index in [1.54, 1.807) is 0 Å². The molecule has 94 valence electrons. The monoisotopic (exact) mass is 224 g/mol. The summed E-state index contributed by atoms with van der Waals surface area (Å²) in [5.41, 5.74) is 0. The Morgan fingerprint density at radius 2 is 1.94 bits per heavy atom. The molecule has 1 aliphatic heterocycles. The van der Waals surface area contributed by atoms with Crippen LogP contribution in [0, 0.1) is 11.8 Å². The van der Waals surface area contributed by atoms with Gasteiger partial charge in [-0.2, -0.15) is 0 Å². The van der Waals surface area contributed by atoms with Crippen LogP contribution in [0.25, 0.3) is 0 Å². The normalized spacial score (nSPS) is 30.8. The number of likely N-dealkylation sites (tertiary alicyclic amines) is 1. The predicted molar refractivity (Wildman–Crippen MR) is 69.6 cm³/mol. The quantitative estimate of drug-likeness (QED) is 0.789. The second kappa shape index (κ2) is 6.02. The molecule has 1 aliphatic carbocycles. The molecule has 2 fully saturated rings. The molecule has 1 heterocycles. The minimum absolute atomic E-state index is 0.711. The number of piperidine rings is 1. The molecule has 1 N–H and O–H groups in total. The van der Waals surface area contributed by atoms with Crippen molar-refractivity contribution in [3.05, 3.63) is 0 Å². The van der Waals surface area contributed by atoms with Crippen LogP contribution in [-0.2, 0) is 0 Å². The number of rotatable bonds is 4. The van der Waals surface area contributed by atoms with Crippen LogP contribution >= 0.6 is 0 Å². The van der Waals surface area contributed by atoms with Gasteiger partial charge in [-0.3, -0.25) is 0 Å². The Kier molecular flexibility index (Phi) is 4.66. The molecule has 2 atom stereocenters. The van der Waals surface area contributed by atoms with Gasteiger partial charge in [0.15, 0.2) is 0 Å². The summed E-state index contributed by atoms with van der Waals surface area (Å²) in [4.78, 5) is 2.49. The van der Waals surface area contributed by atoms with Crippen molar-refractivity contribution in [2.24, 2.45) is 11.8 Å². The van der Waals surface area contributed by atoms with E-state index in [2.05, 4.69) is 24.2 Å². The maximum Gasteiger partial charge on any atom is 0.00793 e. The highest BCUT2D eigenvalue weighted by molar-refractivity contribution is 4.80. The smallest absolute Gasteiger partial charge is 0.00793 e. The van der Waals surface area contributed by atoms with E-state index >= 15 is 0 Å². The Balaban J connectivity index is 1.67. The van der Waals surface area contributed by atoms with Crippen LogP contribution in [0.4, 0.5) is 0 Å². The molecule has 0 radical (unpaired) electrons. The van der Waals surface area contributed by atoms with E-state index in [9.17, 15) is 0 Å². The van der Waals surface area contributed by atoms with Gasteiger partial charge in [0.1, 0.15) is 0 Å². The zero-order chi connectivity index (χ0) is 11.4. The molecular formula is C14H28N2. The van der Waals surface area contributed by atoms with E-state index in [1.807, 2.05) is 0 Å². The molecule has 2 heteroatoms. The topological polar surface area (TPSA) is 15.3 Å². The summed E-state index contributed by atoms with van der Waals surface area (Å²) in [6.45, 7) is 6.24. The van der Waals surface area contributed by atoms with Crippen molar-refractivity contribution in [2.75, 3.05) is 26.7 Å². The Bertz CT molecular complexity index is 199. The van der Waals surface area contributed by atoms with E-state index in [-0.39, 0.29) is 0 Å². The maximum absolute atomic E-state index is 3.79. The SMILES string of the molecule is CC(NCC1CCCC1)C1CCCN(C)C1. The zero-order valence-electron chi connectivity index (χ0n) is 11.0. The largest absolute Gasteiger partial charge is 0.314 e. The molecule has 0 spiro atoms. The van der Waals surface area contributed by atoms with Crippen molar-refractivity contribution in [3.8, 4) is 0 Å². The van der Waals surface area contributed by atoms with Crippen LogP contribution in [0.1, 0.15) is 45.4 Å². The molecular weight excluding hydrogens is 196 g/mol. The Morgan fingerprint density at radius 3 is 2.62 bits per heavy atom. The lowest BCUT2D eigenvalue weighted by atomic mass is 9.91. The number of hydrogen-bond donors (Lipinski definition) is 1. The molecule has 1 saturated carbocycles. The van der Waals surface area contributed by atoms with Gasteiger partial charge < -0.3 is 10.2 Å². The van der Waals surface area contributed by atoms with Gasteiger partial charge in [-0.25, -0.2) is 0 Å². The molecule has 2 rings (SSSR count). The predicted octanol–water partition coefficient (Wildman–Crippen LogP) is 2.50. The molecule has 0 bridgehead atoms. The summed E-state index contributed by atoms with van der Waals surface area (Å²) in [6, 6.07) is 0.711. The molecule has 16 heavy (non-hydrogen) atoms. The minimum atomic E-state index is 0.711. The highest BCUT2D eigenvalue weighted by atomic mass is 15.1. The lowest BCUT2D eigenvalue weighted by molar-refractivity contribution is 0.176. The highest BCUT2D eigenvalue weighted by Crippen LogP contribution is 2.24. The average molecular weight is 224 g/mol.